The summed E-state index contributed by atoms with van der Waals surface area (Å²) in [5.41, 5.74) is 5.05. The van der Waals surface area contributed by atoms with Gasteiger partial charge < -0.3 is 14.5 Å². The van der Waals surface area contributed by atoms with Crippen LogP contribution in [-0.4, -0.2) is 47.3 Å². The molecule has 9 heteroatoms. The molecule has 0 saturated carbocycles. The topological polar surface area (TPSA) is 78.8 Å². The fourth-order valence-corrected chi connectivity index (χ4v) is 4.56. The number of halogens is 1. The van der Waals surface area contributed by atoms with Crippen molar-refractivity contribution in [2.75, 3.05) is 41.4 Å². The second-order valence-corrected chi connectivity index (χ2v) is 9.65. The maximum absolute atomic E-state index is 5.94. The van der Waals surface area contributed by atoms with Gasteiger partial charge in [-0.05, 0) is 86.1 Å². The first-order chi connectivity index (χ1) is 17.7. The first-order valence-electron chi connectivity index (χ1n) is 12.8. The third-order valence-corrected chi connectivity index (χ3v) is 6.72. The van der Waals surface area contributed by atoms with E-state index in [9.17, 15) is 0 Å². The molecule has 2 aliphatic rings. The first kappa shape index (κ1) is 24.3. The Hall–Kier alpha value is -3.39. The van der Waals surface area contributed by atoms with Crippen LogP contribution in [0.3, 0.4) is 0 Å². The lowest BCUT2D eigenvalue weighted by molar-refractivity contribution is 0.306. The fourth-order valence-electron chi connectivity index (χ4n) is 4.44. The number of ether oxygens (including phenoxy) is 1. The van der Waals surface area contributed by atoms with Crippen LogP contribution in [0.4, 0.5) is 17.8 Å². The summed E-state index contributed by atoms with van der Waals surface area (Å²) in [6.45, 7) is 4.43. The molecule has 0 unspecified atom stereocenters. The van der Waals surface area contributed by atoms with Crippen molar-refractivity contribution in [3.8, 4) is 5.75 Å². The fraction of sp³-hybridized carbons (Fsp3) is 0.407. The molecule has 0 bridgehead atoms. The van der Waals surface area contributed by atoms with Crippen molar-refractivity contribution in [2.45, 2.75) is 45.1 Å². The molecule has 3 aromatic rings. The van der Waals surface area contributed by atoms with E-state index in [2.05, 4.69) is 30.3 Å². The van der Waals surface area contributed by atoms with Crippen LogP contribution in [0.25, 0.3) is 0 Å². The van der Waals surface area contributed by atoms with Gasteiger partial charge in [0.1, 0.15) is 12.4 Å². The van der Waals surface area contributed by atoms with Crippen LogP contribution in [0.2, 0.25) is 5.02 Å². The summed E-state index contributed by atoms with van der Waals surface area (Å²) < 4.78 is 5.86. The SMILES string of the molecule is Clc1ccc(COc2ccc(/C=N/Nc3nc(N4CCCCC4)nc(N4CCCCC4)n3)cc2)cc1. The van der Waals surface area contributed by atoms with Crippen LogP contribution in [0.5, 0.6) is 5.75 Å². The van der Waals surface area contributed by atoms with Crippen LogP contribution in [0, 0.1) is 0 Å². The van der Waals surface area contributed by atoms with Crippen molar-refractivity contribution in [1.29, 1.82) is 0 Å². The molecule has 1 N–H and O–H groups in total. The van der Waals surface area contributed by atoms with Gasteiger partial charge in [-0.25, -0.2) is 5.43 Å². The molecular formula is C27H32ClN7O. The summed E-state index contributed by atoms with van der Waals surface area (Å²) in [5, 5.41) is 5.12. The normalized spacial score (nSPS) is 16.4. The van der Waals surface area contributed by atoms with Crippen LogP contribution in [0.15, 0.2) is 53.6 Å². The van der Waals surface area contributed by atoms with Gasteiger partial charge in [0.2, 0.25) is 17.8 Å². The second-order valence-electron chi connectivity index (χ2n) is 9.21. The van der Waals surface area contributed by atoms with Gasteiger partial charge in [-0.3, -0.25) is 0 Å². The average molecular weight is 506 g/mol. The minimum atomic E-state index is 0.477. The van der Waals surface area contributed by atoms with E-state index >= 15 is 0 Å². The number of anilines is 3. The molecule has 1 aromatic heterocycles. The number of aromatic nitrogens is 3. The molecule has 188 valence electrons. The van der Waals surface area contributed by atoms with Gasteiger partial charge in [0.05, 0.1) is 6.21 Å². The molecule has 2 fully saturated rings. The summed E-state index contributed by atoms with van der Waals surface area (Å²) in [4.78, 5) is 18.7. The standard InChI is InChI=1S/C27H32ClN7O/c28-23-11-7-22(8-12-23)20-36-24-13-9-21(10-14-24)19-29-33-25-30-26(34-15-3-1-4-16-34)32-27(31-25)35-17-5-2-6-18-35/h7-14,19H,1-6,15-18,20H2,(H,30,31,32,33)/b29-19+. The Balaban J connectivity index is 1.23. The minimum absolute atomic E-state index is 0.477. The number of hydrazone groups is 1. The monoisotopic (exact) mass is 505 g/mol. The Morgan fingerprint density at radius 3 is 1.94 bits per heavy atom. The van der Waals surface area contributed by atoms with Crippen LogP contribution >= 0.6 is 11.6 Å². The molecule has 0 radical (unpaired) electrons. The molecule has 3 heterocycles. The van der Waals surface area contributed by atoms with Gasteiger partial charge in [-0.1, -0.05) is 23.7 Å². The predicted molar refractivity (Wildman–Crippen MR) is 145 cm³/mol. The third-order valence-electron chi connectivity index (χ3n) is 6.47. The lowest BCUT2D eigenvalue weighted by Crippen LogP contribution is -2.34. The number of nitrogens with zero attached hydrogens (tertiary/aromatic N) is 6. The lowest BCUT2D eigenvalue weighted by Gasteiger charge is -2.30. The van der Waals surface area contributed by atoms with E-state index in [-0.39, 0.29) is 0 Å². The quantitative estimate of drug-likeness (QED) is 0.318. The Morgan fingerprint density at radius 2 is 1.36 bits per heavy atom. The zero-order chi connectivity index (χ0) is 24.6. The van der Waals surface area contributed by atoms with E-state index < -0.39 is 0 Å². The lowest BCUT2D eigenvalue weighted by atomic mass is 10.1. The number of hydrogen-bond acceptors (Lipinski definition) is 8. The number of hydrogen-bond donors (Lipinski definition) is 1. The van der Waals surface area contributed by atoms with E-state index in [1.807, 2.05) is 48.5 Å². The summed E-state index contributed by atoms with van der Waals surface area (Å²) >= 11 is 5.94. The van der Waals surface area contributed by atoms with E-state index in [0.717, 1.165) is 60.0 Å². The second kappa shape index (κ2) is 12.0. The molecule has 2 aliphatic heterocycles. The summed E-state index contributed by atoms with van der Waals surface area (Å²) in [5.74, 6) is 2.76. The Kier molecular flexibility index (Phi) is 8.13. The number of nitrogens with one attached hydrogen (secondary N) is 1. The first-order valence-corrected chi connectivity index (χ1v) is 13.1. The van der Waals surface area contributed by atoms with Gasteiger partial charge >= 0.3 is 0 Å². The van der Waals surface area contributed by atoms with E-state index in [1.165, 1.54) is 38.5 Å². The van der Waals surface area contributed by atoms with Crippen molar-refractivity contribution in [3.63, 3.8) is 0 Å². The Morgan fingerprint density at radius 1 is 0.778 bits per heavy atom. The summed E-state index contributed by atoms with van der Waals surface area (Å²) in [7, 11) is 0. The molecule has 0 amide bonds. The molecule has 2 saturated heterocycles. The highest BCUT2D eigenvalue weighted by molar-refractivity contribution is 6.30. The smallest absolute Gasteiger partial charge is 0.250 e. The van der Waals surface area contributed by atoms with Gasteiger partial charge in [-0.2, -0.15) is 20.1 Å². The highest BCUT2D eigenvalue weighted by atomic mass is 35.5. The molecule has 8 nitrogen and oxygen atoms in total. The maximum Gasteiger partial charge on any atom is 0.250 e. The molecule has 2 aromatic carbocycles. The summed E-state index contributed by atoms with van der Waals surface area (Å²) in [6, 6.07) is 15.5. The Bertz CT molecular complexity index is 1110. The van der Waals surface area contributed by atoms with E-state index in [4.69, 9.17) is 21.3 Å². The van der Waals surface area contributed by atoms with Crippen molar-refractivity contribution in [2.24, 2.45) is 5.10 Å². The molecular weight excluding hydrogens is 474 g/mol. The van der Waals surface area contributed by atoms with Gasteiger partial charge in [0, 0.05) is 31.2 Å². The van der Waals surface area contributed by atoms with Crippen LogP contribution < -0.4 is 20.0 Å². The average Bonchev–Trinajstić information content (AvgIpc) is 2.94. The highest BCUT2D eigenvalue weighted by Gasteiger charge is 2.20. The summed E-state index contributed by atoms with van der Waals surface area (Å²) in [6.07, 6.45) is 8.97. The molecule has 0 aliphatic carbocycles. The van der Waals surface area contributed by atoms with Gasteiger partial charge in [0.15, 0.2) is 0 Å². The number of piperidine rings is 2. The molecule has 0 spiro atoms. The predicted octanol–water partition coefficient (Wildman–Crippen LogP) is 5.53. The van der Waals surface area contributed by atoms with Gasteiger partial charge in [0.25, 0.3) is 0 Å². The largest absolute Gasteiger partial charge is 0.489 e. The minimum Gasteiger partial charge on any atom is -0.489 e. The molecule has 36 heavy (non-hydrogen) atoms. The third kappa shape index (κ3) is 6.63. The highest BCUT2D eigenvalue weighted by Crippen LogP contribution is 2.22. The van der Waals surface area contributed by atoms with Crippen LogP contribution in [-0.2, 0) is 6.61 Å². The number of rotatable bonds is 8. The molecule has 5 rings (SSSR count). The van der Waals surface area contributed by atoms with E-state index in [0.29, 0.717) is 12.6 Å². The van der Waals surface area contributed by atoms with Crippen LogP contribution in [0.1, 0.15) is 49.7 Å². The van der Waals surface area contributed by atoms with Crippen molar-refractivity contribution >= 4 is 35.7 Å². The van der Waals surface area contributed by atoms with Crippen molar-refractivity contribution in [1.82, 2.24) is 15.0 Å². The Labute approximate surface area is 217 Å². The zero-order valence-electron chi connectivity index (χ0n) is 20.4. The maximum atomic E-state index is 5.94. The zero-order valence-corrected chi connectivity index (χ0v) is 21.2. The van der Waals surface area contributed by atoms with E-state index in [1.54, 1.807) is 6.21 Å². The number of benzene rings is 2. The van der Waals surface area contributed by atoms with Gasteiger partial charge in [-0.15, -0.1) is 0 Å². The van der Waals surface area contributed by atoms with Crippen molar-refractivity contribution < 1.29 is 4.74 Å². The van der Waals surface area contributed by atoms with Crippen molar-refractivity contribution in [3.05, 3.63) is 64.7 Å². The molecule has 0 atom stereocenters.